The zero-order valence-electron chi connectivity index (χ0n) is 13.3. The highest BCUT2D eigenvalue weighted by atomic mass is 35.5. The van der Waals surface area contributed by atoms with Gasteiger partial charge >= 0.3 is 0 Å². The molecule has 2 rings (SSSR count). The molecule has 1 saturated carbocycles. The van der Waals surface area contributed by atoms with E-state index in [1.807, 2.05) is 0 Å². The number of halogens is 2. The summed E-state index contributed by atoms with van der Waals surface area (Å²) >= 11 is 11.8. The van der Waals surface area contributed by atoms with Crippen molar-refractivity contribution in [2.24, 2.45) is 5.92 Å². The first-order chi connectivity index (χ1) is 10.6. The molecule has 0 saturated heterocycles. The third kappa shape index (κ3) is 3.82. The van der Waals surface area contributed by atoms with Gasteiger partial charge < -0.3 is 5.32 Å². The van der Waals surface area contributed by atoms with E-state index in [4.69, 9.17) is 23.2 Å². The minimum Gasteiger partial charge on any atom is -0.326 e. The lowest BCUT2D eigenvalue weighted by Gasteiger charge is -2.20. The fourth-order valence-electron chi connectivity index (χ4n) is 2.39. The Kier molecular flexibility index (Phi) is 5.31. The van der Waals surface area contributed by atoms with Crippen molar-refractivity contribution >= 4 is 44.8 Å². The van der Waals surface area contributed by atoms with Crippen LogP contribution in [0.2, 0.25) is 0 Å². The first-order valence-corrected chi connectivity index (χ1v) is 9.62. The van der Waals surface area contributed by atoms with Gasteiger partial charge in [-0.2, -0.15) is 4.31 Å². The molecule has 1 aromatic rings. The summed E-state index contributed by atoms with van der Waals surface area (Å²) in [6.07, 6.45) is 0.401. The first-order valence-electron chi connectivity index (χ1n) is 7.43. The lowest BCUT2D eigenvalue weighted by Crippen LogP contribution is -2.31. The molecule has 1 fully saturated rings. The van der Waals surface area contributed by atoms with E-state index in [2.05, 4.69) is 5.32 Å². The van der Waals surface area contributed by atoms with E-state index >= 15 is 0 Å². The molecule has 0 spiro atoms. The minimum atomic E-state index is -3.59. The van der Waals surface area contributed by atoms with Gasteiger partial charge in [0.1, 0.15) is 4.33 Å². The molecule has 128 valence electrons. The lowest BCUT2D eigenvalue weighted by atomic mass is 10.2. The number of alkyl halides is 2. The van der Waals surface area contributed by atoms with E-state index in [9.17, 15) is 13.2 Å². The topological polar surface area (TPSA) is 66.5 Å². The molecule has 0 bridgehead atoms. The number of nitrogens with one attached hydrogen (secondary N) is 1. The first kappa shape index (κ1) is 18.5. The zero-order valence-corrected chi connectivity index (χ0v) is 15.6. The molecule has 1 amide bonds. The average Bonchev–Trinajstić information content (AvgIpc) is 3.11. The second kappa shape index (κ2) is 6.59. The number of benzene rings is 1. The maximum Gasteiger partial charge on any atom is 0.243 e. The summed E-state index contributed by atoms with van der Waals surface area (Å²) in [5.41, 5.74) is 1.05. The normalized spacial score (nSPS) is 19.7. The van der Waals surface area contributed by atoms with Crippen molar-refractivity contribution in [1.82, 2.24) is 4.31 Å². The number of nitrogens with zero attached hydrogens (tertiary/aromatic N) is 1. The fourth-order valence-corrected chi connectivity index (χ4v) is 4.60. The summed E-state index contributed by atoms with van der Waals surface area (Å²) in [7, 11) is -3.59. The number of amides is 1. The van der Waals surface area contributed by atoms with Gasteiger partial charge in [0.2, 0.25) is 15.9 Å². The van der Waals surface area contributed by atoms with Gasteiger partial charge in [-0.3, -0.25) is 4.79 Å². The van der Waals surface area contributed by atoms with Gasteiger partial charge in [0.15, 0.2) is 0 Å². The van der Waals surface area contributed by atoms with Crippen LogP contribution in [0, 0.1) is 12.8 Å². The Morgan fingerprint density at radius 3 is 2.39 bits per heavy atom. The molecule has 23 heavy (non-hydrogen) atoms. The molecule has 1 unspecified atom stereocenters. The number of aryl methyl sites for hydroxylation is 1. The Morgan fingerprint density at radius 2 is 1.91 bits per heavy atom. The molecule has 1 aliphatic carbocycles. The van der Waals surface area contributed by atoms with E-state index in [0.717, 1.165) is 0 Å². The molecule has 1 atom stereocenters. The van der Waals surface area contributed by atoms with Gasteiger partial charge in [0, 0.05) is 18.8 Å². The maximum atomic E-state index is 12.7. The quantitative estimate of drug-likeness (QED) is 0.773. The van der Waals surface area contributed by atoms with Crippen LogP contribution in [0.1, 0.15) is 25.8 Å². The number of anilines is 1. The summed E-state index contributed by atoms with van der Waals surface area (Å²) in [5.74, 6) is -0.764. The van der Waals surface area contributed by atoms with Crippen molar-refractivity contribution in [3.63, 3.8) is 0 Å². The number of carbonyl (C=O) groups excluding carboxylic acids is 1. The third-order valence-corrected chi connectivity index (χ3v) is 6.95. The van der Waals surface area contributed by atoms with Crippen molar-refractivity contribution in [3.8, 4) is 0 Å². The van der Waals surface area contributed by atoms with E-state index in [0.29, 0.717) is 30.8 Å². The Morgan fingerprint density at radius 1 is 1.35 bits per heavy atom. The van der Waals surface area contributed by atoms with Crippen LogP contribution in [0.25, 0.3) is 0 Å². The SMILES string of the molecule is CCN(CC)S(=O)(=O)c1cc(NC(=O)C2CC2(Cl)Cl)ccc1C. The summed E-state index contributed by atoms with van der Waals surface area (Å²) in [6, 6.07) is 4.82. The van der Waals surface area contributed by atoms with Crippen molar-refractivity contribution in [2.45, 2.75) is 36.4 Å². The molecular formula is C15H20Cl2N2O3S. The Labute approximate surface area is 147 Å². The predicted molar refractivity (Wildman–Crippen MR) is 92.5 cm³/mol. The lowest BCUT2D eigenvalue weighted by molar-refractivity contribution is -0.117. The van der Waals surface area contributed by atoms with Gasteiger partial charge in [0.05, 0.1) is 10.8 Å². The second-order valence-corrected chi connectivity index (χ2v) is 9.03. The van der Waals surface area contributed by atoms with Gasteiger partial charge in [-0.05, 0) is 31.0 Å². The van der Waals surface area contributed by atoms with Crippen LogP contribution < -0.4 is 5.32 Å². The molecule has 5 nitrogen and oxygen atoms in total. The molecule has 0 heterocycles. The molecular weight excluding hydrogens is 359 g/mol. The van der Waals surface area contributed by atoms with E-state index in [-0.39, 0.29) is 10.8 Å². The Hall–Kier alpha value is -0.820. The number of hydrogen-bond donors (Lipinski definition) is 1. The van der Waals surface area contributed by atoms with Crippen LogP contribution in [0.5, 0.6) is 0 Å². The van der Waals surface area contributed by atoms with Gasteiger partial charge in [-0.15, -0.1) is 23.2 Å². The van der Waals surface area contributed by atoms with Crippen LogP contribution in [0.4, 0.5) is 5.69 Å². The Balaban J connectivity index is 2.28. The number of sulfonamides is 1. The Bertz CT molecular complexity index is 715. The van der Waals surface area contributed by atoms with Gasteiger partial charge in [-0.1, -0.05) is 19.9 Å². The molecule has 0 aromatic heterocycles. The minimum absolute atomic E-state index is 0.192. The molecule has 8 heteroatoms. The van der Waals surface area contributed by atoms with E-state index in [1.165, 1.54) is 10.4 Å². The summed E-state index contributed by atoms with van der Waals surface area (Å²) < 4.78 is 25.7. The largest absolute Gasteiger partial charge is 0.326 e. The van der Waals surface area contributed by atoms with Crippen molar-refractivity contribution in [1.29, 1.82) is 0 Å². The fraction of sp³-hybridized carbons (Fsp3) is 0.533. The smallest absolute Gasteiger partial charge is 0.243 e. The van der Waals surface area contributed by atoms with Gasteiger partial charge in [-0.25, -0.2) is 8.42 Å². The van der Waals surface area contributed by atoms with Crippen LogP contribution in [0.3, 0.4) is 0 Å². The molecule has 1 aliphatic rings. The second-order valence-electron chi connectivity index (χ2n) is 5.58. The molecule has 0 radical (unpaired) electrons. The monoisotopic (exact) mass is 378 g/mol. The number of carbonyl (C=O) groups is 1. The highest BCUT2D eigenvalue weighted by Crippen LogP contribution is 2.53. The van der Waals surface area contributed by atoms with Crippen LogP contribution in [-0.2, 0) is 14.8 Å². The average molecular weight is 379 g/mol. The van der Waals surface area contributed by atoms with E-state index < -0.39 is 20.3 Å². The molecule has 1 aromatic carbocycles. The van der Waals surface area contributed by atoms with Crippen molar-refractivity contribution in [3.05, 3.63) is 23.8 Å². The maximum absolute atomic E-state index is 12.7. The van der Waals surface area contributed by atoms with Crippen molar-refractivity contribution in [2.75, 3.05) is 18.4 Å². The number of hydrogen-bond acceptors (Lipinski definition) is 3. The number of rotatable bonds is 6. The molecule has 0 aliphatic heterocycles. The highest BCUT2D eigenvalue weighted by Gasteiger charge is 2.56. The van der Waals surface area contributed by atoms with Gasteiger partial charge in [0.25, 0.3) is 0 Å². The summed E-state index contributed by atoms with van der Waals surface area (Å²) in [4.78, 5) is 12.2. The standard InChI is InChI=1S/C15H20Cl2N2O3S/c1-4-19(5-2)23(21,22)13-8-11(7-6-10(13)3)18-14(20)12-9-15(12,16)17/h6-8,12H,4-5,9H2,1-3H3,(H,18,20). The predicted octanol–water partition coefficient (Wildman–Crippen LogP) is 3.16. The van der Waals surface area contributed by atoms with E-state index in [1.54, 1.807) is 32.9 Å². The summed E-state index contributed by atoms with van der Waals surface area (Å²) in [5, 5.41) is 2.68. The van der Waals surface area contributed by atoms with Crippen LogP contribution >= 0.6 is 23.2 Å². The summed E-state index contributed by atoms with van der Waals surface area (Å²) in [6.45, 7) is 6.08. The van der Waals surface area contributed by atoms with Crippen LogP contribution in [0.15, 0.2) is 23.1 Å². The van der Waals surface area contributed by atoms with Crippen molar-refractivity contribution < 1.29 is 13.2 Å². The highest BCUT2D eigenvalue weighted by molar-refractivity contribution is 7.89. The third-order valence-electron chi connectivity index (χ3n) is 3.92. The van der Waals surface area contributed by atoms with Crippen LogP contribution in [-0.4, -0.2) is 36.1 Å². The molecule has 1 N–H and O–H groups in total. The zero-order chi connectivity index (χ0) is 17.4.